The molecule has 144 valence electrons. The minimum atomic E-state index is -0.196. The van der Waals surface area contributed by atoms with E-state index in [0.29, 0.717) is 0 Å². The second kappa shape index (κ2) is 11.0. The van der Waals surface area contributed by atoms with Gasteiger partial charge in [-0.05, 0) is 29.3 Å². The summed E-state index contributed by atoms with van der Waals surface area (Å²) in [6.07, 6.45) is 1.60. The molecule has 5 nitrogen and oxygen atoms in total. The molecule has 0 radical (unpaired) electrons. The van der Waals surface area contributed by atoms with Crippen molar-refractivity contribution in [3.05, 3.63) is 69.2 Å². The Labute approximate surface area is 188 Å². The normalized spacial score (nSPS) is 11.1. The van der Waals surface area contributed by atoms with Gasteiger partial charge >= 0.3 is 0 Å². The van der Waals surface area contributed by atoms with Crippen LogP contribution in [0.4, 0.5) is 0 Å². The average molecular weight is 514 g/mol. The van der Waals surface area contributed by atoms with Crippen molar-refractivity contribution in [1.29, 1.82) is 0 Å². The molecule has 0 saturated heterocycles. The van der Waals surface area contributed by atoms with Crippen molar-refractivity contribution >= 4 is 74.5 Å². The van der Waals surface area contributed by atoms with Crippen molar-refractivity contribution < 1.29 is 4.79 Å². The smallest absolute Gasteiger partial charge is 0.250 e. The molecule has 3 aromatic rings. The Balaban J connectivity index is 1.41. The third kappa shape index (κ3) is 6.89. The first-order valence-corrected chi connectivity index (χ1v) is 12.0. The third-order valence-corrected chi connectivity index (χ3v) is 7.43. The van der Waals surface area contributed by atoms with Crippen LogP contribution < -0.4 is 5.43 Å². The molecule has 0 bridgehead atoms. The number of hydrazone groups is 1. The molecule has 0 fully saturated rings. The first-order chi connectivity index (χ1) is 13.6. The largest absolute Gasteiger partial charge is 0.272 e. The van der Waals surface area contributed by atoms with Crippen LogP contribution in [0.15, 0.2) is 66.8 Å². The van der Waals surface area contributed by atoms with Crippen LogP contribution in [0.1, 0.15) is 11.1 Å². The summed E-state index contributed by atoms with van der Waals surface area (Å²) >= 11 is 13.9. The Morgan fingerprint density at radius 1 is 1.14 bits per heavy atom. The van der Waals surface area contributed by atoms with Crippen LogP contribution in [0, 0.1) is 0 Å². The number of halogens is 2. The van der Waals surface area contributed by atoms with Gasteiger partial charge in [-0.25, -0.2) is 5.43 Å². The van der Waals surface area contributed by atoms with Crippen molar-refractivity contribution in [2.45, 2.75) is 14.4 Å². The van der Waals surface area contributed by atoms with Gasteiger partial charge in [0.1, 0.15) is 0 Å². The Morgan fingerprint density at radius 2 is 1.86 bits per heavy atom. The number of nitrogens with one attached hydrogen (secondary N) is 1. The van der Waals surface area contributed by atoms with Crippen molar-refractivity contribution in [2.75, 3.05) is 5.75 Å². The van der Waals surface area contributed by atoms with Crippen LogP contribution >= 0.6 is 62.4 Å². The van der Waals surface area contributed by atoms with Gasteiger partial charge in [0.25, 0.3) is 5.91 Å². The molecule has 1 amide bonds. The minimum Gasteiger partial charge on any atom is -0.272 e. The lowest BCUT2D eigenvalue weighted by molar-refractivity contribution is -0.118. The van der Waals surface area contributed by atoms with E-state index in [4.69, 9.17) is 11.6 Å². The molecule has 0 atom stereocenters. The molecule has 3 rings (SSSR count). The zero-order valence-corrected chi connectivity index (χ0v) is 19.1. The molecule has 0 spiro atoms. The average Bonchev–Trinajstić information content (AvgIpc) is 3.15. The summed E-state index contributed by atoms with van der Waals surface area (Å²) in [5.74, 6) is 0.755. The fraction of sp³-hybridized carbons (Fsp3) is 0.111. The van der Waals surface area contributed by atoms with Crippen LogP contribution in [-0.4, -0.2) is 28.1 Å². The predicted molar refractivity (Wildman–Crippen MR) is 122 cm³/mol. The molecular weight excluding hydrogens is 500 g/mol. The summed E-state index contributed by atoms with van der Waals surface area (Å²) in [6, 6.07) is 15.4. The lowest BCUT2D eigenvalue weighted by Crippen LogP contribution is -2.19. The third-order valence-electron chi connectivity index (χ3n) is 3.30. The fourth-order valence-corrected chi connectivity index (χ4v) is 5.32. The highest BCUT2D eigenvalue weighted by Crippen LogP contribution is 2.32. The van der Waals surface area contributed by atoms with Gasteiger partial charge in [-0.15, -0.1) is 10.2 Å². The van der Waals surface area contributed by atoms with E-state index in [2.05, 4.69) is 36.7 Å². The predicted octanol–water partition coefficient (Wildman–Crippen LogP) is 5.49. The summed E-state index contributed by atoms with van der Waals surface area (Å²) in [5, 5.41) is 13.0. The molecule has 28 heavy (non-hydrogen) atoms. The number of rotatable bonds is 8. The highest BCUT2D eigenvalue weighted by Gasteiger charge is 2.09. The van der Waals surface area contributed by atoms with E-state index in [1.165, 1.54) is 23.1 Å². The number of benzene rings is 2. The van der Waals surface area contributed by atoms with E-state index in [0.717, 1.165) is 35.1 Å². The maximum Gasteiger partial charge on any atom is 0.250 e. The van der Waals surface area contributed by atoms with E-state index in [-0.39, 0.29) is 11.7 Å². The molecule has 1 heterocycles. The minimum absolute atomic E-state index is 0.196. The second-order valence-corrected chi connectivity index (χ2v) is 10.1. The lowest BCUT2D eigenvalue weighted by atomic mass is 10.2. The van der Waals surface area contributed by atoms with Gasteiger partial charge in [0.15, 0.2) is 8.68 Å². The maximum atomic E-state index is 11.9. The van der Waals surface area contributed by atoms with Gasteiger partial charge in [0, 0.05) is 15.2 Å². The Kier molecular flexibility index (Phi) is 8.35. The van der Waals surface area contributed by atoms with Gasteiger partial charge in [0.2, 0.25) is 0 Å². The zero-order valence-electron chi connectivity index (χ0n) is 14.3. The lowest BCUT2D eigenvalue weighted by Gasteiger charge is -2.00. The van der Waals surface area contributed by atoms with E-state index >= 15 is 0 Å². The highest BCUT2D eigenvalue weighted by molar-refractivity contribution is 9.10. The monoisotopic (exact) mass is 512 g/mol. The summed E-state index contributed by atoms with van der Waals surface area (Å²) in [6.45, 7) is 0. The van der Waals surface area contributed by atoms with Gasteiger partial charge in [-0.1, -0.05) is 92.7 Å². The molecule has 1 N–H and O–H groups in total. The molecule has 2 aromatic carbocycles. The first-order valence-electron chi connectivity index (χ1n) is 8.00. The molecule has 1 aromatic heterocycles. The van der Waals surface area contributed by atoms with Crippen molar-refractivity contribution in [1.82, 2.24) is 15.6 Å². The SMILES string of the molecule is O=C(CSc1nnc(SCc2ccccc2Cl)s1)N/N=C/c1ccc(Br)cc1. The van der Waals surface area contributed by atoms with Gasteiger partial charge < -0.3 is 0 Å². The molecule has 0 aliphatic carbocycles. The molecule has 0 saturated carbocycles. The highest BCUT2D eigenvalue weighted by atomic mass is 79.9. The first kappa shape index (κ1) is 21.3. The van der Waals surface area contributed by atoms with Crippen LogP contribution in [-0.2, 0) is 10.5 Å². The second-order valence-electron chi connectivity index (χ2n) is 5.35. The number of nitrogens with zero attached hydrogens (tertiary/aromatic N) is 3. The van der Waals surface area contributed by atoms with Crippen LogP contribution in [0.2, 0.25) is 5.02 Å². The maximum absolute atomic E-state index is 11.9. The van der Waals surface area contributed by atoms with Gasteiger partial charge in [-0.3, -0.25) is 4.79 Å². The van der Waals surface area contributed by atoms with E-state index in [9.17, 15) is 4.79 Å². The molecule has 0 aliphatic heterocycles. The summed E-state index contributed by atoms with van der Waals surface area (Å²) in [7, 11) is 0. The van der Waals surface area contributed by atoms with Crippen molar-refractivity contribution in [3.8, 4) is 0 Å². The van der Waals surface area contributed by atoms with Gasteiger partial charge in [-0.2, -0.15) is 5.10 Å². The number of thioether (sulfide) groups is 2. The molecule has 0 unspecified atom stereocenters. The van der Waals surface area contributed by atoms with Crippen LogP contribution in [0.5, 0.6) is 0 Å². The fourth-order valence-electron chi connectivity index (χ4n) is 1.96. The number of aromatic nitrogens is 2. The van der Waals surface area contributed by atoms with E-state index in [1.807, 2.05) is 48.5 Å². The quantitative estimate of drug-likeness (QED) is 0.245. The molecule has 0 aliphatic rings. The Hall–Kier alpha value is -1.39. The number of hydrogen-bond acceptors (Lipinski definition) is 7. The van der Waals surface area contributed by atoms with Crippen LogP contribution in [0.3, 0.4) is 0 Å². The van der Waals surface area contributed by atoms with Crippen molar-refractivity contribution in [3.63, 3.8) is 0 Å². The van der Waals surface area contributed by atoms with Crippen molar-refractivity contribution in [2.24, 2.45) is 5.10 Å². The Morgan fingerprint density at radius 3 is 2.61 bits per heavy atom. The van der Waals surface area contributed by atoms with E-state index in [1.54, 1.807) is 18.0 Å². The summed E-state index contributed by atoms with van der Waals surface area (Å²) < 4.78 is 2.58. The zero-order chi connectivity index (χ0) is 19.8. The number of amides is 1. The molecular formula is C18H14BrClN4OS3. The topological polar surface area (TPSA) is 67.2 Å². The Bertz CT molecular complexity index is 965. The summed E-state index contributed by atoms with van der Waals surface area (Å²) in [4.78, 5) is 11.9. The standard InChI is InChI=1S/C18H14BrClN4OS3/c19-14-7-5-12(6-8-14)9-21-22-16(25)11-27-18-24-23-17(28-18)26-10-13-3-1-2-4-15(13)20/h1-9H,10-11H2,(H,22,25)/b21-9+. The van der Waals surface area contributed by atoms with Crippen LogP contribution in [0.25, 0.3) is 0 Å². The van der Waals surface area contributed by atoms with E-state index < -0.39 is 0 Å². The number of hydrogen-bond donors (Lipinski definition) is 1. The number of carbonyl (C=O) groups excluding carboxylic acids is 1. The molecule has 10 heteroatoms. The number of carbonyl (C=O) groups is 1. The van der Waals surface area contributed by atoms with Gasteiger partial charge in [0.05, 0.1) is 12.0 Å². The summed E-state index contributed by atoms with van der Waals surface area (Å²) in [5.41, 5.74) is 4.47.